The van der Waals surface area contributed by atoms with Gasteiger partial charge in [-0.2, -0.15) is 0 Å². The molecule has 0 aliphatic carbocycles. The number of H-pyrrole nitrogens is 1. The number of carboxylic acid groups (broad SMARTS) is 1. The van der Waals surface area contributed by atoms with E-state index in [1.54, 1.807) is 18.3 Å². The fraction of sp³-hybridized carbons (Fsp3) is 0. The van der Waals surface area contributed by atoms with Crippen molar-refractivity contribution >= 4 is 28.5 Å². The summed E-state index contributed by atoms with van der Waals surface area (Å²) >= 11 is 5.93. The Bertz CT molecular complexity index is 745. The van der Waals surface area contributed by atoms with E-state index in [1.165, 1.54) is 6.20 Å². The van der Waals surface area contributed by atoms with E-state index >= 15 is 0 Å². The molecule has 3 aromatic rings. The summed E-state index contributed by atoms with van der Waals surface area (Å²) in [5.41, 5.74) is 1.50. The number of aromatic nitrogens is 2. The molecule has 0 saturated heterocycles. The normalized spacial score (nSPS) is 10.9. The van der Waals surface area contributed by atoms with Crippen molar-refractivity contribution in [2.75, 3.05) is 0 Å². The van der Waals surface area contributed by atoms with Crippen LogP contribution in [0.3, 0.4) is 0 Å². The van der Waals surface area contributed by atoms with Gasteiger partial charge in [-0.25, -0.2) is 4.79 Å². The monoisotopic (exact) mass is 262 g/mol. The predicted molar refractivity (Wildman–Crippen MR) is 65.8 cm³/mol. The third-order valence-corrected chi connectivity index (χ3v) is 2.92. The largest absolute Gasteiger partial charge is 0.477 e. The second-order valence-electron chi connectivity index (χ2n) is 3.77. The number of aromatic carboxylic acids is 1. The van der Waals surface area contributed by atoms with Crippen molar-refractivity contribution in [3.63, 3.8) is 0 Å². The van der Waals surface area contributed by atoms with Crippen LogP contribution >= 0.6 is 11.6 Å². The molecule has 0 amide bonds. The second kappa shape index (κ2) is 3.89. The van der Waals surface area contributed by atoms with E-state index in [-0.39, 0.29) is 11.3 Å². The molecular formula is C12H7ClN2O3. The molecule has 3 rings (SSSR count). The van der Waals surface area contributed by atoms with E-state index in [0.29, 0.717) is 10.6 Å². The summed E-state index contributed by atoms with van der Waals surface area (Å²) in [7, 11) is 0. The van der Waals surface area contributed by atoms with E-state index in [4.69, 9.17) is 21.2 Å². The summed E-state index contributed by atoms with van der Waals surface area (Å²) in [5.74, 6) is -0.862. The van der Waals surface area contributed by atoms with Crippen LogP contribution in [0.5, 0.6) is 0 Å². The maximum atomic E-state index is 11.0. The molecule has 5 nitrogen and oxygen atoms in total. The lowest BCUT2D eigenvalue weighted by molar-refractivity contribution is 0.0697. The van der Waals surface area contributed by atoms with Crippen molar-refractivity contribution in [1.82, 2.24) is 10.1 Å². The van der Waals surface area contributed by atoms with E-state index in [2.05, 4.69) is 10.1 Å². The number of rotatable bonds is 2. The van der Waals surface area contributed by atoms with E-state index < -0.39 is 5.97 Å². The van der Waals surface area contributed by atoms with Crippen molar-refractivity contribution < 1.29 is 14.4 Å². The van der Waals surface area contributed by atoms with E-state index in [1.807, 2.05) is 6.07 Å². The number of carbonyl (C=O) groups is 1. The number of nitrogens with zero attached hydrogens (tertiary/aromatic N) is 1. The summed E-state index contributed by atoms with van der Waals surface area (Å²) in [5, 5.41) is 13.9. The number of benzene rings is 1. The summed E-state index contributed by atoms with van der Waals surface area (Å²) in [6.45, 7) is 0. The summed E-state index contributed by atoms with van der Waals surface area (Å²) < 4.78 is 5.02. The number of aromatic amines is 1. The average molecular weight is 263 g/mol. The zero-order chi connectivity index (χ0) is 12.7. The highest BCUT2D eigenvalue weighted by Gasteiger charge is 2.19. The van der Waals surface area contributed by atoms with Gasteiger partial charge in [-0.15, -0.1) is 0 Å². The summed E-state index contributed by atoms with van der Waals surface area (Å²) in [4.78, 5) is 14.1. The van der Waals surface area contributed by atoms with Crippen molar-refractivity contribution in [2.45, 2.75) is 0 Å². The number of hydrogen-bond acceptors (Lipinski definition) is 3. The second-order valence-corrected chi connectivity index (χ2v) is 4.20. The third-order valence-electron chi connectivity index (χ3n) is 2.69. The topological polar surface area (TPSA) is 79.1 Å². The van der Waals surface area contributed by atoms with Crippen molar-refractivity contribution in [1.29, 1.82) is 0 Å². The van der Waals surface area contributed by atoms with Gasteiger partial charge in [-0.1, -0.05) is 16.8 Å². The van der Waals surface area contributed by atoms with Gasteiger partial charge < -0.3 is 14.6 Å². The molecule has 2 N–H and O–H groups in total. The van der Waals surface area contributed by atoms with E-state index in [9.17, 15) is 4.79 Å². The Morgan fingerprint density at radius 1 is 1.44 bits per heavy atom. The van der Waals surface area contributed by atoms with Crippen LogP contribution in [0.4, 0.5) is 0 Å². The lowest BCUT2D eigenvalue weighted by atomic mass is 10.1. The fourth-order valence-corrected chi connectivity index (χ4v) is 2.04. The molecule has 0 saturated carbocycles. The molecule has 90 valence electrons. The van der Waals surface area contributed by atoms with Crippen LogP contribution in [-0.2, 0) is 0 Å². The minimum absolute atomic E-state index is 0.0240. The number of halogens is 1. The highest BCUT2D eigenvalue weighted by molar-refractivity contribution is 6.31. The molecule has 2 aromatic heterocycles. The number of hydrogen-bond donors (Lipinski definition) is 2. The minimum atomic E-state index is -1.08. The zero-order valence-electron chi connectivity index (χ0n) is 8.98. The van der Waals surface area contributed by atoms with Gasteiger partial charge in [0.25, 0.3) is 0 Å². The fourth-order valence-electron chi connectivity index (χ4n) is 1.87. The quantitative estimate of drug-likeness (QED) is 0.743. The Morgan fingerprint density at radius 3 is 3.06 bits per heavy atom. The average Bonchev–Trinajstić information content (AvgIpc) is 2.92. The lowest BCUT2D eigenvalue weighted by Crippen LogP contribution is -1.95. The van der Waals surface area contributed by atoms with Crippen LogP contribution in [-0.4, -0.2) is 21.2 Å². The maximum absolute atomic E-state index is 11.0. The van der Waals surface area contributed by atoms with Crippen LogP contribution in [0.1, 0.15) is 10.4 Å². The lowest BCUT2D eigenvalue weighted by Gasteiger charge is -1.96. The van der Waals surface area contributed by atoms with Crippen LogP contribution in [0.25, 0.3) is 22.2 Å². The van der Waals surface area contributed by atoms with Gasteiger partial charge in [-0.05, 0) is 18.2 Å². The van der Waals surface area contributed by atoms with Gasteiger partial charge in [0.1, 0.15) is 5.56 Å². The first-order valence-electron chi connectivity index (χ1n) is 5.12. The first-order chi connectivity index (χ1) is 8.66. The van der Waals surface area contributed by atoms with Crippen LogP contribution < -0.4 is 0 Å². The molecule has 6 heteroatoms. The minimum Gasteiger partial charge on any atom is -0.477 e. The van der Waals surface area contributed by atoms with Crippen molar-refractivity contribution in [2.24, 2.45) is 0 Å². The Balaban J connectivity index is 2.28. The Hall–Kier alpha value is -2.27. The van der Waals surface area contributed by atoms with Crippen molar-refractivity contribution in [3.05, 3.63) is 41.2 Å². The van der Waals surface area contributed by atoms with Crippen LogP contribution in [0.2, 0.25) is 5.02 Å². The molecular weight excluding hydrogens is 256 g/mol. The first kappa shape index (κ1) is 10.9. The highest BCUT2D eigenvalue weighted by atomic mass is 35.5. The Labute approximate surface area is 106 Å². The standard InChI is InChI=1S/C12H7ClN2O3/c13-6-1-2-10-7(3-6)8(4-14-10)11-9(12(16)17)5-15-18-11/h1-5,14H,(H,16,17). The van der Waals surface area contributed by atoms with Gasteiger partial charge in [0, 0.05) is 27.7 Å². The summed E-state index contributed by atoms with van der Waals surface area (Å²) in [6.07, 6.45) is 2.86. The molecule has 0 atom stereocenters. The molecule has 0 fully saturated rings. The molecule has 0 aliphatic rings. The highest BCUT2D eigenvalue weighted by Crippen LogP contribution is 2.32. The molecule has 1 aromatic carbocycles. The Kier molecular flexibility index (Phi) is 2.34. The van der Waals surface area contributed by atoms with Gasteiger partial charge in [0.2, 0.25) is 0 Å². The molecule has 0 spiro atoms. The maximum Gasteiger partial charge on any atom is 0.341 e. The Morgan fingerprint density at radius 2 is 2.28 bits per heavy atom. The zero-order valence-corrected chi connectivity index (χ0v) is 9.73. The number of carboxylic acids is 1. The van der Waals surface area contributed by atoms with E-state index in [0.717, 1.165) is 10.9 Å². The van der Waals surface area contributed by atoms with Crippen LogP contribution in [0, 0.1) is 0 Å². The summed E-state index contributed by atoms with van der Waals surface area (Å²) in [6, 6.07) is 5.32. The number of nitrogens with one attached hydrogen (secondary N) is 1. The molecule has 0 unspecified atom stereocenters. The van der Waals surface area contributed by atoms with Crippen LogP contribution in [0.15, 0.2) is 35.1 Å². The van der Waals surface area contributed by atoms with Gasteiger partial charge >= 0.3 is 5.97 Å². The van der Waals surface area contributed by atoms with Gasteiger partial charge in [0.15, 0.2) is 5.76 Å². The smallest absolute Gasteiger partial charge is 0.341 e. The van der Waals surface area contributed by atoms with Gasteiger partial charge in [-0.3, -0.25) is 0 Å². The predicted octanol–water partition coefficient (Wildman–Crippen LogP) is 3.17. The number of fused-ring (bicyclic) bond motifs is 1. The molecule has 0 aliphatic heterocycles. The first-order valence-corrected chi connectivity index (χ1v) is 5.49. The SMILES string of the molecule is O=C(O)c1cnoc1-c1c[nH]c2ccc(Cl)cc12. The van der Waals surface area contributed by atoms with Crippen molar-refractivity contribution in [3.8, 4) is 11.3 Å². The molecule has 18 heavy (non-hydrogen) atoms. The van der Waals surface area contributed by atoms with Gasteiger partial charge in [0.05, 0.1) is 6.20 Å². The molecule has 0 radical (unpaired) electrons. The molecule has 0 bridgehead atoms. The molecule has 2 heterocycles. The third kappa shape index (κ3) is 1.56.